The van der Waals surface area contributed by atoms with Gasteiger partial charge in [0.05, 0.1) is 24.4 Å². The maximum Gasteiger partial charge on any atom is 0.224 e. The molecule has 1 aliphatic carbocycles. The van der Waals surface area contributed by atoms with Gasteiger partial charge in [-0.15, -0.1) is 0 Å². The molecule has 0 unspecified atom stereocenters. The molecule has 5 heteroatoms. The van der Waals surface area contributed by atoms with Gasteiger partial charge in [-0.3, -0.25) is 4.79 Å². The number of hydrogen-bond acceptors (Lipinski definition) is 2. The first-order chi connectivity index (χ1) is 13.7. The summed E-state index contributed by atoms with van der Waals surface area (Å²) < 4.78 is 8.61. The van der Waals surface area contributed by atoms with Crippen molar-refractivity contribution < 1.29 is 9.53 Å². The zero-order chi connectivity index (χ0) is 19.3. The third-order valence-corrected chi connectivity index (χ3v) is 7.03. The molecular formula is C23H31BrN2O2. The molecule has 2 aliphatic rings. The van der Waals surface area contributed by atoms with E-state index in [1.165, 1.54) is 44.0 Å². The Balaban J connectivity index is 1.42. The first-order valence-corrected chi connectivity index (χ1v) is 11.6. The van der Waals surface area contributed by atoms with Gasteiger partial charge in [0, 0.05) is 34.9 Å². The average Bonchev–Trinajstić information content (AvgIpc) is 2.82. The van der Waals surface area contributed by atoms with Crippen LogP contribution in [0.5, 0.6) is 0 Å². The molecule has 0 bridgehead atoms. The van der Waals surface area contributed by atoms with Crippen molar-refractivity contribution in [3.05, 3.63) is 28.9 Å². The van der Waals surface area contributed by atoms with Gasteiger partial charge in [0.1, 0.15) is 0 Å². The van der Waals surface area contributed by atoms with Gasteiger partial charge >= 0.3 is 0 Å². The van der Waals surface area contributed by atoms with Crippen molar-refractivity contribution in [2.24, 2.45) is 11.8 Å². The Kier molecular flexibility index (Phi) is 6.73. The number of halogens is 1. The molecule has 0 spiro atoms. The smallest absolute Gasteiger partial charge is 0.224 e. The number of hydrogen-bond donors (Lipinski definition) is 1. The zero-order valence-corrected chi connectivity index (χ0v) is 18.2. The van der Waals surface area contributed by atoms with Gasteiger partial charge in [-0.2, -0.15) is 0 Å². The van der Waals surface area contributed by atoms with Gasteiger partial charge in [0.15, 0.2) is 0 Å². The maximum atomic E-state index is 12.7. The van der Waals surface area contributed by atoms with Crippen LogP contribution in [0.25, 0.3) is 10.9 Å². The molecule has 1 N–H and O–H groups in total. The summed E-state index contributed by atoms with van der Waals surface area (Å²) in [6, 6.07) is 6.25. The van der Waals surface area contributed by atoms with Gasteiger partial charge in [0.2, 0.25) is 5.91 Å². The highest BCUT2D eigenvalue weighted by Gasteiger charge is 2.20. The van der Waals surface area contributed by atoms with E-state index in [0.29, 0.717) is 12.3 Å². The summed E-state index contributed by atoms with van der Waals surface area (Å²) in [7, 11) is 0. The summed E-state index contributed by atoms with van der Waals surface area (Å²) in [6.07, 6.45) is 12.9. The third-order valence-electron chi connectivity index (χ3n) is 6.37. The lowest BCUT2D eigenvalue weighted by Crippen LogP contribution is -2.28. The second-order valence-corrected chi connectivity index (χ2v) is 9.36. The number of benzene rings is 1. The first-order valence-electron chi connectivity index (χ1n) is 10.9. The normalized spacial score (nSPS) is 18.8. The zero-order valence-electron chi connectivity index (χ0n) is 16.6. The monoisotopic (exact) mass is 446 g/mol. The van der Waals surface area contributed by atoms with E-state index >= 15 is 0 Å². The highest BCUT2D eigenvalue weighted by atomic mass is 79.9. The maximum absolute atomic E-state index is 12.7. The van der Waals surface area contributed by atoms with Crippen LogP contribution in [0.3, 0.4) is 0 Å². The van der Waals surface area contributed by atoms with Gasteiger partial charge in [-0.1, -0.05) is 60.5 Å². The van der Waals surface area contributed by atoms with Crippen molar-refractivity contribution in [1.82, 2.24) is 4.57 Å². The molecule has 0 radical (unpaired) electrons. The number of ether oxygens (including phenoxy) is 1. The molecule has 1 aromatic heterocycles. The Bertz CT molecular complexity index is 804. The predicted octanol–water partition coefficient (Wildman–Crippen LogP) is 6.13. The van der Waals surface area contributed by atoms with Crippen molar-refractivity contribution in [2.45, 2.75) is 64.3 Å². The fourth-order valence-corrected chi connectivity index (χ4v) is 5.13. The van der Waals surface area contributed by atoms with Crippen LogP contribution in [-0.2, 0) is 16.1 Å². The molecule has 0 atom stereocenters. The molecular weight excluding hydrogens is 416 g/mol. The number of carbonyl (C=O) groups excluding carboxylic acids is 1. The van der Waals surface area contributed by atoms with E-state index in [0.717, 1.165) is 54.1 Å². The van der Waals surface area contributed by atoms with Gasteiger partial charge in [0.25, 0.3) is 0 Å². The molecule has 2 aromatic rings. The van der Waals surface area contributed by atoms with Crippen LogP contribution in [0, 0.1) is 11.8 Å². The Hall–Kier alpha value is -1.33. The van der Waals surface area contributed by atoms with E-state index < -0.39 is 0 Å². The highest BCUT2D eigenvalue weighted by Crippen LogP contribution is 2.34. The molecule has 2 heterocycles. The van der Waals surface area contributed by atoms with E-state index in [1.807, 2.05) is 6.07 Å². The lowest BCUT2D eigenvalue weighted by molar-refractivity contribution is -0.116. The van der Waals surface area contributed by atoms with Crippen molar-refractivity contribution in [2.75, 3.05) is 18.5 Å². The summed E-state index contributed by atoms with van der Waals surface area (Å²) in [4.78, 5) is 12.7. The molecule has 4 nitrogen and oxygen atoms in total. The van der Waals surface area contributed by atoms with Crippen molar-refractivity contribution >= 4 is 38.4 Å². The minimum atomic E-state index is 0.145. The van der Waals surface area contributed by atoms with Crippen molar-refractivity contribution in [3.63, 3.8) is 0 Å². The van der Waals surface area contributed by atoms with Crippen LogP contribution < -0.4 is 5.32 Å². The molecule has 1 saturated carbocycles. The topological polar surface area (TPSA) is 43.3 Å². The number of fused-ring (bicyclic) bond motifs is 1. The van der Waals surface area contributed by atoms with Crippen LogP contribution in [-0.4, -0.2) is 23.7 Å². The molecule has 1 amide bonds. The average molecular weight is 447 g/mol. The van der Waals surface area contributed by atoms with Crippen LogP contribution in [0.1, 0.15) is 57.8 Å². The quantitative estimate of drug-likeness (QED) is 0.519. The second-order valence-electron chi connectivity index (χ2n) is 8.51. The summed E-state index contributed by atoms with van der Waals surface area (Å²) in [5, 5.41) is 4.31. The van der Waals surface area contributed by atoms with Gasteiger partial charge in [-0.05, 0) is 30.9 Å². The Labute approximate surface area is 176 Å². The summed E-state index contributed by atoms with van der Waals surface area (Å²) in [5.74, 6) is 1.54. The fourth-order valence-electron chi connectivity index (χ4n) is 4.56. The Morgan fingerprint density at radius 1 is 1.11 bits per heavy atom. The molecule has 1 saturated heterocycles. The van der Waals surface area contributed by atoms with Gasteiger partial charge in [-0.25, -0.2) is 0 Å². The number of aryl methyl sites for hydroxylation is 1. The lowest BCUT2D eigenvalue weighted by atomic mass is 9.95. The molecule has 152 valence electrons. The van der Waals surface area contributed by atoms with Crippen molar-refractivity contribution in [3.8, 4) is 0 Å². The predicted molar refractivity (Wildman–Crippen MR) is 118 cm³/mol. The van der Waals surface area contributed by atoms with E-state index in [4.69, 9.17) is 4.74 Å². The van der Waals surface area contributed by atoms with E-state index in [2.05, 4.69) is 44.1 Å². The largest absolute Gasteiger partial charge is 0.381 e. The number of rotatable bonds is 7. The van der Waals surface area contributed by atoms with Crippen LogP contribution in [0.2, 0.25) is 0 Å². The Morgan fingerprint density at radius 3 is 2.61 bits per heavy atom. The SMILES string of the molecule is O=C(CCC1CCCCCC1)Nc1cn(CCC2COC2)c2cccc(Br)c12. The minimum absolute atomic E-state index is 0.145. The van der Waals surface area contributed by atoms with Crippen LogP contribution in [0.15, 0.2) is 28.9 Å². The number of nitrogens with zero attached hydrogens (tertiary/aromatic N) is 1. The second kappa shape index (κ2) is 9.45. The molecule has 2 fully saturated rings. The minimum Gasteiger partial charge on any atom is -0.381 e. The number of carbonyl (C=O) groups is 1. The number of aromatic nitrogens is 1. The molecule has 4 rings (SSSR count). The molecule has 1 aromatic carbocycles. The van der Waals surface area contributed by atoms with E-state index in [1.54, 1.807) is 0 Å². The lowest BCUT2D eigenvalue weighted by Gasteiger charge is -2.26. The third kappa shape index (κ3) is 4.80. The van der Waals surface area contributed by atoms with Crippen LogP contribution in [0.4, 0.5) is 5.69 Å². The Morgan fingerprint density at radius 2 is 1.89 bits per heavy atom. The number of amides is 1. The summed E-state index contributed by atoms with van der Waals surface area (Å²) in [6.45, 7) is 2.72. The standard InChI is InChI=1S/C23H31BrN2O2/c24-19-8-5-9-21-23(19)20(14-26(21)13-12-18-15-28-16-18)25-22(27)11-10-17-6-3-1-2-4-7-17/h5,8-9,14,17-18H,1-4,6-7,10-13,15-16H2,(H,25,27). The highest BCUT2D eigenvalue weighted by molar-refractivity contribution is 9.10. The van der Waals surface area contributed by atoms with E-state index in [9.17, 15) is 4.79 Å². The van der Waals surface area contributed by atoms with Crippen molar-refractivity contribution in [1.29, 1.82) is 0 Å². The van der Waals surface area contributed by atoms with Gasteiger partial charge < -0.3 is 14.6 Å². The fraction of sp³-hybridized carbons (Fsp3) is 0.609. The van der Waals surface area contributed by atoms with Crippen LogP contribution >= 0.6 is 15.9 Å². The first kappa shape index (κ1) is 20.0. The number of anilines is 1. The summed E-state index contributed by atoms with van der Waals surface area (Å²) >= 11 is 3.68. The molecule has 1 aliphatic heterocycles. The number of nitrogens with one attached hydrogen (secondary N) is 1. The molecule has 28 heavy (non-hydrogen) atoms. The van der Waals surface area contributed by atoms with E-state index in [-0.39, 0.29) is 5.91 Å². The summed E-state index contributed by atoms with van der Waals surface area (Å²) in [5.41, 5.74) is 2.10.